The minimum absolute atomic E-state index is 0.238. The van der Waals surface area contributed by atoms with Gasteiger partial charge in [-0.2, -0.15) is 0 Å². The van der Waals surface area contributed by atoms with Crippen molar-refractivity contribution in [2.75, 3.05) is 0 Å². The number of para-hydroxylation sites is 1. The number of aromatic carboxylic acids is 1. The third-order valence-corrected chi connectivity index (χ3v) is 3.96. The molecule has 0 spiro atoms. The average molecular weight is 320 g/mol. The van der Waals surface area contributed by atoms with Crippen molar-refractivity contribution in [3.8, 4) is 0 Å². The smallest absolute Gasteiger partial charge is 0.352 e. The Hall–Kier alpha value is -1.97. The number of nitrogens with zero attached hydrogens (tertiary/aromatic N) is 1. The lowest BCUT2D eigenvalue weighted by Crippen LogP contribution is -2.09. The molecule has 1 aromatic heterocycles. The van der Waals surface area contributed by atoms with Crippen LogP contribution in [-0.2, 0) is 6.54 Å². The summed E-state index contributed by atoms with van der Waals surface area (Å²) >= 11 is 12.1. The van der Waals surface area contributed by atoms with Gasteiger partial charge in [0.25, 0.3) is 0 Å². The minimum Gasteiger partial charge on any atom is -0.477 e. The second-order valence-electron chi connectivity index (χ2n) is 4.72. The molecule has 3 rings (SSSR count). The van der Waals surface area contributed by atoms with Gasteiger partial charge >= 0.3 is 5.97 Å². The first-order valence-corrected chi connectivity index (χ1v) is 7.07. The van der Waals surface area contributed by atoms with Gasteiger partial charge in [-0.3, -0.25) is 0 Å². The maximum absolute atomic E-state index is 11.4. The number of halogens is 2. The zero-order valence-corrected chi connectivity index (χ0v) is 12.4. The Morgan fingerprint density at radius 3 is 2.57 bits per heavy atom. The number of fused-ring (bicyclic) bond motifs is 1. The first-order valence-electron chi connectivity index (χ1n) is 6.32. The molecule has 0 amide bonds. The zero-order chi connectivity index (χ0) is 15.0. The van der Waals surface area contributed by atoms with Crippen LogP contribution in [0.5, 0.6) is 0 Å². The molecular weight excluding hydrogens is 309 g/mol. The number of carboxylic acid groups (broad SMARTS) is 1. The quantitative estimate of drug-likeness (QED) is 0.760. The van der Waals surface area contributed by atoms with Gasteiger partial charge in [0.05, 0.1) is 0 Å². The minimum atomic E-state index is -0.962. The number of carbonyl (C=O) groups is 1. The van der Waals surface area contributed by atoms with Crippen LogP contribution in [0.1, 0.15) is 16.1 Å². The van der Waals surface area contributed by atoms with E-state index in [0.29, 0.717) is 16.6 Å². The third-order valence-electron chi connectivity index (χ3n) is 3.37. The van der Waals surface area contributed by atoms with Gasteiger partial charge in [-0.15, -0.1) is 0 Å². The number of benzene rings is 2. The van der Waals surface area contributed by atoms with Crippen molar-refractivity contribution < 1.29 is 9.90 Å². The van der Waals surface area contributed by atoms with Crippen molar-refractivity contribution >= 4 is 40.1 Å². The van der Waals surface area contributed by atoms with Gasteiger partial charge in [-0.05, 0) is 29.8 Å². The normalized spacial score (nSPS) is 11.0. The highest BCUT2D eigenvalue weighted by Crippen LogP contribution is 2.26. The molecule has 0 aliphatic rings. The van der Waals surface area contributed by atoms with Crippen molar-refractivity contribution in [2.24, 2.45) is 0 Å². The van der Waals surface area contributed by atoms with E-state index in [0.717, 1.165) is 16.5 Å². The molecule has 106 valence electrons. The van der Waals surface area contributed by atoms with Gasteiger partial charge in [-0.1, -0.05) is 47.5 Å². The van der Waals surface area contributed by atoms with Gasteiger partial charge in [0, 0.05) is 27.5 Å². The van der Waals surface area contributed by atoms with Crippen molar-refractivity contribution in [2.45, 2.75) is 6.54 Å². The highest BCUT2D eigenvalue weighted by Gasteiger charge is 2.15. The third kappa shape index (κ3) is 2.62. The van der Waals surface area contributed by atoms with Crippen molar-refractivity contribution in [3.05, 3.63) is 69.8 Å². The van der Waals surface area contributed by atoms with E-state index < -0.39 is 5.97 Å². The summed E-state index contributed by atoms with van der Waals surface area (Å²) in [5, 5.41) is 11.4. The molecule has 2 aromatic carbocycles. The Morgan fingerprint density at radius 1 is 1.10 bits per heavy atom. The van der Waals surface area contributed by atoms with Crippen LogP contribution in [0.4, 0.5) is 0 Å². The second kappa shape index (κ2) is 5.43. The molecule has 0 saturated heterocycles. The predicted octanol–water partition coefficient (Wildman–Crippen LogP) is 4.69. The Kier molecular flexibility index (Phi) is 3.62. The summed E-state index contributed by atoms with van der Waals surface area (Å²) in [6, 6.07) is 14.4. The van der Waals surface area contributed by atoms with Crippen LogP contribution in [0.2, 0.25) is 10.0 Å². The van der Waals surface area contributed by atoms with Crippen molar-refractivity contribution in [1.82, 2.24) is 4.57 Å². The number of hydrogen-bond acceptors (Lipinski definition) is 1. The van der Waals surface area contributed by atoms with E-state index >= 15 is 0 Å². The largest absolute Gasteiger partial charge is 0.477 e. The van der Waals surface area contributed by atoms with Gasteiger partial charge in [-0.25, -0.2) is 4.79 Å². The van der Waals surface area contributed by atoms with Crippen LogP contribution in [0, 0.1) is 0 Å². The van der Waals surface area contributed by atoms with Crippen LogP contribution in [0.25, 0.3) is 10.9 Å². The standard InChI is InChI=1S/C16H11Cl2NO2/c17-12-6-5-11(13(18)8-12)9-19-14-4-2-1-3-10(14)7-15(19)16(20)21/h1-8H,9H2,(H,20,21). The molecule has 3 aromatic rings. The van der Waals surface area contributed by atoms with E-state index in [9.17, 15) is 9.90 Å². The van der Waals surface area contributed by atoms with E-state index in [1.165, 1.54) is 0 Å². The summed E-state index contributed by atoms with van der Waals surface area (Å²) in [6.07, 6.45) is 0. The summed E-state index contributed by atoms with van der Waals surface area (Å²) < 4.78 is 1.74. The molecular formula is C16H11Cl2NO2. The van der Waals surface area contributed by atoms with Crippen LogP contribution in [0.3, 0.4) is 0 Å². The highest BCUT2D eigenvalue weighted by atomic mass is 35.5. The Morgan fingerprint density at radius 2 is 1.86 bits per heavy atom. The number of carboxylic acids is 1. The molecule has 1 heterocycles. The maximum Gasteiger partial charge on any atom is 0.352 e. The molecule has 1 N–H and O–H groups in total. The fourth-order valence-corrected chi connectivity index (χ4v) is 2.85. The van der Waals surface area contributed by atoms with Crippen LogP contribution < -0.4 is 0 Å². The van der Waals surface area contributed by atoms with Crippen molar-refractivity contribution in [3.63, 3.8) is 0 Å². The van der Waals surface area contributed by atoms with Gasteiger partial charge < -0.3 is 9.67 Å². The lowest BCUT2D eigenvalue weighted by atomic mass is 10.2. The fourth-order valence-electron chi connectivity index (χ4n) is 2.38. The molecule has 0 radical (unpaired) electrons. The monoisotopic (exact) mass is 319 g/mol. The fraction of sp³-hybridized carbons (Fsp3) is 0.0625. The molecule has 3 nitrogen and oxygen atoms in total. The first kappa shape index (κ1) is 14.0. The summed E-state index contributed by atoms with van der Waals surface area (Å²) in [4.78, 5) is 11.4. The summed E-state index contributed by atoms with van der Waals surface area (Å²) in [5.41, 5.74) is 1.92. The van der Waals surface area contributed by atoms with Gasteiger partial charge in [0.1, 0.15) is 5.69 Å². The summed E-state index contributed by atoms with van der Waals surface area (Å²) in [7, 11) is 0. The van der Waals surface area contributed by atoms with E-state index in [1.54, 1.807) is 22.8 Å². The van der Waals surface area contributed by atoms with E-state index in [-0.39, 0.29) is 5.69 Å². The van der Waals surface area contributed by atoms with Gasteiger partial charge in [0.2, 0.25) is 0 Å². The summed E-state index contributed by atoms with van der Waals surface area (Å²) in [6.45, 7) is 0.380. The average Bonchev–Trinajstić information content (AvgIpc) is 2.81. The molecule has 0 aliphatic carbocycles. The molecule has 21 heavy (non-hydrogen) atoms. The lowest BCUT2D eigenvalue weighted by Gasteiger charge is -2.10. The van der Waals surface area contributed by atoms with E-state index in [4.69, 9.17) is 23.2 Å². The summed E-state index contributed by atoms with van der Waals surface area (Å²) in [5.74, 6) is -0.962. The Balaban J connectivity index is 2.14. The topological polar surface area (TPSA) is 42.2 Å². The number of aromatic nitrogens is 1. The molecule has 0 bridgehead atoms. The van der Waals surface area contributed by atoms with Crippen LogP contribution in [0.15, 0.2) is 48.5 Å². The SMILES string of the molecule is O=C(O)c1cc2ccccc2n1Cc1ccc(Cl)cc1Cl. The molecule has 5 heteroatoms. The van der Waals surface area contributed by atoms with Crippen molar-refractivity contribution in [1.29, 1.82) is 0 Å². The number of rotatable bonds is 3. The highest BCUT2D eigenvalue weighted by molar-refractivity contribution is 6.35. The molecule has 0 unspecified atom stereocenters. The number of hydrogen-bond donors (Lipinski definition) is 1. The molecule has 0 aliphatic heterocycles. The maximum atomic E-state index is 11.4. The molecule has 0 saturated carbocycles. The first-order chi connectivity index (χ1) is 10.1. The van der Waals surface area contributed by atoms with Crippen LogP contribution in [-0.4, -0.2) is 15.6 Å². The van der Waals surface area contributed by atoms with Crippen LogP contribution >= 0.6 is 23.2 Å². The molecule has 0 fully saturated rings. The zero-order valence-electron chi connectivity index (χ0n) is 10.9. The van der Waals surface area contributed by atoms with E-state index in [2.05, 4.69) is 0 Å². The second-order valence-corrected chi connectivity index (χ2v) is 5.56. The Bertz CT molecular complexity index is 839. The lowest BCUT2D eigenvalue weighted by molar-refractivity contribution is 0.0686. The molecule has 0 atom stereocenters. The van der Waals surface area contributed by atoms with E-state index in [1.807, 2.05) is 30.3 Å². The van der Waals surface area contributed by atoms with Gasteiger partial charge in [0.15, 0.2) is 0 Å². The predicted molar refractivity (Wildman–Crippen MR) is 84.5 cm³/mol. The Labute approximate surface area is 131 Å².